The molecule has 1 heterocycles. The number of primary sulfonamides is 1. The van der Waals surface area contributed by atoms with Gasteiger partial charge in [0.25, 0.3) is 15.9 Å². The van der Waals surface area contributed by atoms with Crippen LogP contribution in [-0.4, -0.2) is 27.7 Å². The van der Waals surface area contributed by atoms with Crippen LogP contribution in [0.4, 0.5) is 4.39 Å². The highest BCUT2D eigenvalue weighted by Crippen LogP contribution is 2.19. The molecule has 0 fully saturated rings. The van der Waals surface area contributed by atoms with Gasteiger partial charge in [-0.05, 0) is 24.1 Å². The van der Waals surface area contributed by atoms with Crippen molar-refractivity contribution in [2.75, 3.05) is 0 Å². The number of nitrogens with two attached hydrogens (primary N) is 1. The van der Waals surface area contributed by atoms with Gasteiger partial charge in [0.2, 0.25) is 10.0 Å². The Morgan fingerprint density at radius 2 is 1.79 bits per heavy atom. The summed E-state index contributed by atoms with van der Waals surface area (Å²) >= 11 is 0. The van der Waals surface area contributed by atoms with E-state index in [9.17, 15) is 26.0 Å². The number of aromatic nitrogens is 1. The van der Waals surface area contributed by atoms with Crippen LogP contribution >= 0.6 is 0 Å². The zero-order valence-corrected chi connectivity index (χ0v) is 16.4. The van der Waals surface area contributed by atoms with Crippen LogP contribution in [0.1, 0.15) is 29.9 Å². The van der Waals surface area contributed by atoms with E-state index >= 15 is 0 Å². The molecule has 0 saturated carbocycles. The molecule has 1 aromatic carbocycles. The summed E-state index contributed by atoms with van der Waals surface area (Å²) in [6.07, 6.45) is 0.962. The maximum atomic E-state index is 14.0. The second-order valence-electron chi connectivity index (χ2n) is 5.90. The highest BCUT2D eigenvalue weighted by atomic mass is 32.2. The molecule has 8 nitrogen and oxygen atoms in total. The van der Waals surface area contributed by atoms with Crippen molar-refractivity contribution in [1.82, 2.24) is 9.71 Å². The monoisotopic (exact) mass is 425 g/mol. The number of nitrogens with one attached hydrogen (secondary N) is 1. The molecule has 2 rings (SSSR count). The number of sulfonamides is 2. The molecule has 2 aromatic rings. The molecular formula is C17H16FN3O5S2. The minimum atomic E-state index is -4.60. The van der Waals surface area contributed by atoms with Gasteiger partial charge in [0.15, 0.2) is 5.82 Å². The average molecular weight is 425 g/mol. The smallest absolute Gasteiger partial charge is 0.266 e. The summed E-state index contributed by atoms with van der Waals surface area (Å²) < 4.78 is 63.7. The van der Waals surface area contributed by atoms with Crippen LogP contribution < -0.4 is 9.86 Å². The van der Waals surface area contributed by atoms with Gasteiger partial charge in [0.05, 0.1) is 5.56 Å². The summed E-state index contributed by atoms with van der Waals surface area (Å²) in [6.45, 7) is 3.61. The van der Waals surface area contributed by atoms with Crippen LogP contribution in [0.3, 0.4) is 0 Å². The van der Waals surface area contributed by atoms with Gasteiger partial charge in [-0.1, -0.05) is 31.9 Å². The number of pyridine rings is 1. The van der Waals surface area contributed by atoms with Crippen molar-refractivity contribution in [2.45, 2.75) is 23.6 Å². The van der Waals surface area contributed by atoms with E-state index in [0.29, 0.717) is 0 Å². The Kier molecular flexibility index (Phi) is 6.18. The first-order chi connectivity index (χ1) is 12.9. The first kappa shape index (κ1) is 21.5. The number of halogens is 1. The minimum Gasteiger partial charge on any atom is -0.268 e. The summed E-state index contributed by atoms with van der Waals surface area (Å²) in [5, 5.41) is 5.00. The van der Waals surface area contributed by atoms with E-state index in [4.69, 9.17) is 5.14 Å². The van der Waals surface area contributed by atoms with E-state index in [1.807, 2.05) is 0 Å². The zero-order valence-electron chi connectivity index (χ0n) is 14.8. The van der Waals surface area contributed by atoms with Gasteiger partial charge in [-0.2, -0.15) is 0 Å². The Balaban J connectivity index is 2.36. The lowest BCUT2D eigenvalue weighted by Gasteiger charge is -2.10. The summed E-state index contributed by atoms with van der Waals surface area (Å²) in [4.78, 5) is 14.5. The van der Waals surface area contributed by atoms with Gasteiger partial charge >= 0.3 is 0 Å². The fourth-order valence-electron chi connectivity index (χ4n) is 2.01. The van der Waals surface area contributed by atoms with Gasteiger partial charge in [0.1, 0.15) is 15.5 Å². The Hall–Kier alpha value is -2.81. The van der Waals surface area contributed by atoms with Gasteiger partial charge in [-0.3, -0.25) is 4.79 Å². The van der Waals surface area contributed by atoms with Crippen LogP contribution in [0, 0.1) is 23.6 Å². The van der Waals surface area contributed by atoms with Crippen molar-refractivity contribution in [3.05, 3.63) is 53.6 Å². The molecule has 0 bridgehead atoms. The fourth-order valence-corrected chi connectivity index (χ4v) is 4.37. The quantitative estimate of drug-likeness (QED) is 0.701. The van der Waals surface area contributed by atoms with Gasteiger partial charge in [0, 0.05) is 12.1 Å². The molecule has 0 aliphatic rings. The molecule has 148 valence electrons. The largest absolute Gasteiger partial charge is 0.268 e. The predicted molar refractivity (Wildman–Crippen MR) is 98.4 cm³/mol. The molecule has 1 amide bonds. The van der Waals surface area contributed by atoms with Crippen molar-refractivity contribution in [3.63, 3.8) is 0 Å². The lowest BCUT2D eigenvalue weighted by Crippen LogP contribution is -2.32. The molecule has 1 aromatic heterocycles. The van der Waals surface area contributed by atoms with Crippen molar-refractivity contribution < 1.29 is 26.0 Å². The maximum absolute atomic E-state index is 14.0. The molecule has 0 unspecified atom stereocenters. The highest BCUT2D eigenvalue weighted by molar-refractivity contribution is 7.92. The second-order valence-corrected chi connectivity index (χ2v) is 9.09. The third-order valence-electron chi connectivity index (χ3n) is 3.25. The fraction of sp³-hybridized carbons (Fsp3) is 0.176. The van der Waals surface area contributed by atoms with Crippen LogP contribution in [-0.2, 0) is 20.0 Å². The number of amides is 1. The summed E-state index contributed by atoms with van der Waals surface area (Å²) in [5.41, 5.74) is -0.572. The summed E-state index contributed by atoms with van der Waals surface area (Å²) in [5.74, 6) is 3.11. The Morgan fingerprint density at radius 3 is 2.32 bits per heavy atom. The van der Waals surface area contributed by atoms with Gasteiger partial charge in [-0.15, -0.1) is 0 Å². The van der Waals surface area contributed by atoms with E-state index in [1.54, 1.807) is 18.6 Å². The normalized spacial score (nSPS) is 11.6. The van der Waals surface area contributed by atoms with Crippen LogP contribution in [0.2, 0.25) is 0 Å². The first-order valence-electron chi connectivity index (χ1n) is 7.78. The van der Waals surface area contributed by atoms with Crippen LogP contribution in [0.15, 0.2) is 46.3 Å². The standard InChI is InChI=1S/C17H16FN3O5S2/c1-11(2)7-8-14-13(18)9-12(10-20-14)17(22)21-28(25,26)16-6-4-3-5-15(16)27(19,23)24/h3-6,9-11H,1-2H3,(H,21,22)(H2,19,23,24). The Morgan fingerprint density at radius 1 is 1.18 bits per heavy atom. The van der Waals surface area contributed by atoms with Crippen molar-refractivity contribution in [2.24, 2.45) is 11.1 Å². The number of carbonyl (C=O) groups is 1. The van der Waals surface area contributed by atoms with Gasteiger partial charge < -0.3 is 0 Å². The molecular weight excluding hydrogens is 409 g/mol. The highest BCUT2D eigenvalue weighted by Gasteiger charge is 2.26. The molecule has 0 spiro atoms. The van der Waals surface area contributed by atoms with E-state index < -0.39 is 41.6 Å². The van der Waals surface area contributed by atoms with Crippen molar-refractivity contribution in [1.29, 1.82) is 0 Å². The number of hydrogen-bond acceptors (Lipinski definition) is 6. The third-order valence-corrected chi connectivity index (χ3v) is 5.74. The van der Waals surface area contributed by atoms with Crippen LogP contribution in [0.5, 0.6) is 0 Å². The number of hydrogen-bond donors (Lipinski definition) is 2. The van der Waals surface area contributed by atoms with Crippen LogP contribution in [0.25, 0.3) is 0 Å². The number of benzene rings is 1. The van der Waals surface area contributed by atoms with E-state index in [0.717, 1.165) is 24.4 Å². The lowest BCUT2D eigenvalue weighted by atomic mass is 10.2. The summed E-state index contributed by atoms with van der Waals surface area (Å²) in [7, 11) is -8.96. The molecule has 3 N–H and O–H groups in total. The average Bonchev–Trinajstić information content (AvgIpc) is 2.59. The van der Waals surface area contributed by atoms with E-state index in [1.165, 1.54) is 12.1 Å². The molecule has 0 saturated heterocycles. The van der Waals surface area contributed by atoms with Gasteiger partial charge in [-0.25, -0.2) is 36.1 Å². The number of rotatable bonds is 4. The molecule has 11 heteroatoms. The third kappa shape index (κ3) is 5.13. The predicted octanol–water partition coefficient (Wildman–Crippen LogP) is 0.994. The summed E-state index contributed by atoms with van der Waals surface area (Å²) in [6, 6.07) is 5.28. The molecule has 0 aliphatic carbocycles. The Labute approximate surface area is 162 Å². The molecule has 0 radical (unpaired) electrons. The SMILES string of the molecule is CC(C)C#Cc1ncc(C(=O)NS(=O)(=O)c2ccccc2S(N)(=O)=O)cc1F. The number of carbonyl (C=O) groups excluding carboxylic acids is 1. The molecule has 28 heavy (non-hydrogen) atoms. The lowest BCUT2D eigenvalue weighted by molar-refractivity contribution is 0.0980. The number of nitrogens with zero attached hydrogens (tertiary/aromatic N) is 1. The van der Waals surface area contributed by atoms with Crippen molar-refractivity contribution >= 4 is 26.0 Å². The second kappa shape index (κ2) is 8.05. The zero-order chi connectivity index (χ0) is 21.1. The minimum absolute atomic E-state index is 0.0202. The van der Waals surface area contributed by atoms with E-state index in [-0.39, 0.29) is 17.2 Å². The topological polar surface area (TPSA) is 136 Å². The Bertz CT molecular complexity index is 1200. The van der Waals surface area contributed by atoms with Crippen molar-refractivity contribution in [3.8, 4) is 11.8 Å². The molecule has 0 aliphatic heterocycles. The molecule has 0 atom stereocenters. The van der Waals surface area contributed by atoms with E-state index in [2.05, 4.69) is 16.8 Å². The first-order valence-corrected chi connectivity index (χ1v) is 10.8. The maximum Gasteiger partial charge on any atom is 0.266 e.